The Morgan fingerprint density at radius 1 is 1.29 bits per heavy atom. The van der Waals surface area contributed by atoms with Crippen molar-refractivity contribution < 1.29 is 18.7 Å². The predicted octanol–water partition coefficient (Wildman–Crippen LogP) is 1.80. The number of nitrogens with two attached hydrogens (primary N) is 1. The normalized spacial score (nSPS) is 10.5. The molecule has 2 rings (SSSR count). The number of rotatable bonds is 6. The van der Waals surface area contributed by atoms with Crippen LogP contribution in [0.15, 0.2) is 53.2 Å². The summed E-state index contributed by atoms with van der Waals surface area (Å²) in [5.74, 6) is 0.162. The van der Waals surface area contributed by atoms with Crippen LogP contribution in [0.2, 0.25) is 0 Å². The Labute approximate surface area is 121 Å². The van der Waals surface area contributed by atoms with Crippen LogP contribution in [0, 0.1) is 0 Å². The molecular formula is C15H14N2O4. The SMILES string of the molecule is NC(=O)COc1cccc(NC(=O)C=Cc2ccco2)c1. The zero-order valence-electron chi connectivity index (χ0n) is 11.1. The summed E-state index contributed by atoms with van der Waals surface area (Å²) < 4.78 is 10.2. The Kier molecular flexibility index (Phi) is 4.76. The molecule has 108 valence electrons. The molecule has 0 aliphatic rings. The number of anilines is 1. The summed E-state index contributed by atoms with van der Waals surface area (Å²) in [4.78, 5) is 22.4. The van der Waals surface area contributed by atoms with Gasteiger partial charge in [0.1, 0.15) is 11.5 Å². The van der Waals surface area contributed by atoms with Crippen molar-refractivity contribution in [2.45, 2.75) is 0 Å². The van der Waals surface area contributed by atoms with E-state index in [0.29, 0.717) is 17.2 Å². The van der Waals surface area contributed by atoms with Crippen LogP contribution in [-0.4, -0.2) is 18.4 Å². The van der Waals surface area contributed by atoms with Gasteiger partial charge in [-0.05, 0) is 30.3 Å². The lowest BCUT2D eigenvalue weighted by molar-refractivity contribution is -0.120. The monoisotopic (exact) mass is 286 g/mol. The molecule has 1 aromatic carbocycles. The largest absolute Gasteiger partial charge is 0.484 e. The van der Waals surface area contributed by atoms with E-state index in [2.05, 4.69) is 5.32 Å². The molecule has 0 aliphatic carbocycles. The van der Waals surface area contributed by atoms with E-state index in [1.54, 1.807) is 42.5 Å². The maximum atomic E-state index is 11.7. The standard InChI is InChI=1S/C15H14N2O4/c16-14(18)10-21-13-4-1-3-11(9-13)17-15(19)7-6-12-5-2-8-20-12/h1-9H,10H2,(H2,16,18)(H,17,19). The van der Waals surface area contributed by atoms with E-state index in [9.17, 15) is 9.59 Å². The number of hydrogen-bond donors (Lipinski definition) is 2. The Morgan fingerprint density at radius 2 is 2.14 bits per heavy atom. The van der Waals surface area contributed by atoms with Gasteiger partial charge in [-0.3, -0.25) is 9.59 Å². The fourth-order valence-electron chi connectivity index (χ4n) is 1.55. The third-order valence-corrected chi connectivity index (χ3v) is 2.42. The van der Waals surface area contributed by atoms with Crippen LogP contribution in [0.3, 0.4) is 0 Å². The van der Waals surface area contributed by atoms with Gasteiger partial charge in [-0.15, -0.1) is 0 Å². The molecule has 0 saturated heterocycles. The van der Waals surface area contributed by atoms with E-state index in [0.717, 1.165) is 0 Å². The van der Waals surface area contributed by atoms with Crippen molar-refractivity contribution in [2.75, 3.05) is 11.9 Å². The van der Waals surface area contributed by atoms with Gasteiger partial charge in [0, 0.05) is 17.8 Å². The molecule has 1 aromatic heterocycles. The second-order valence-corrected chi connectivity index (χ2v) is 4.12. The molecule has 0 aliphatic heterocycles. The minimum atomic E-state index is -0.564. The van der Waals surface area contributed by atoms with Gasteiger partial charge in [0.25, 0.3) is 5.91 Å². The molecule has 6 heteroatoms. The van der Waals surface area contributed by atoms with E-state index < -0.39 is 5.91 Å². The minimum absolute atomic E-state index is 0.213. The predicted molar refractivity (Wildman–Crippen MR) is 77.5 cm³/mol. The summed E-state index contributed by atoms with van der Waals surface area (Å²) in [5, 5.41) is 2.67. The van der Waals surface area contributed by atoms with Crippen LogP contribution in [0.5, 0.6) is 5.75 Å². The van der Waals surface area contributed by atoms with Gasteiger partial charge in [-0.25, -0.2) is 0 Å². The first-order valence-electron chi connectivity index (χ1n) is 6.17. The number of ether oxygens (including phenoxy) is 1. The van der Waals surface area contributed by atoms with Gasteiger partial charge in [0.15, 0.2) is 6.61 Å². The fraction of sp³-hybridized carbons (Fsp3) is 0.0667. The quantitative estimate of drug-likeness (QED) is 0.791. The van der Waals surface area contributed by atoms with Crippen molar-refractivity contribution in [1.82, 2.24) is 0 Å². The highest BCUT2D eigenvalue weighted by Crippen LogP contribution is 2.17. The number of hydrogen-bond acceptors (Lipinski definition) is 4. The van der Waals surface area contributed by atoms with Crippen molar-refractivity contribution in [3.05, 3.63) is 54.5 Å². The molecule has 0 saturated carbocycles. The second kappa shape index (κ2) is 6.95. The molecule has 2 aromatic rings. The topological polar surface area (TPSA) is 94.6 Å². The number of amides is 2. The van der Waals surface area contributed by atoms with E-state index in [4.69, 9.17) is 14.9 Å². The molecule has 0 atom stereocenters. The van der Waals surface area contributed by atoms with Crippen molar-refractivity contribution in [3.63, 3.8) is 0 Å². The lowest BCUT2D eigenvalue weighted by atomic mass is 10.3. The fourth-order valence-corrected chi connectivity index (χ4v) is 1.55. The summed E-state index contributed by atoms with van der Waals surface area (Å²) >= 11 is 0. The Morgan fingerprint density at radius 3 is 2.86 bits per heavy atom. The summed E-state index contributed by atoms with van der Waals surface area (Å²) in [5.41, 5.74) is 5.54. The summed E-state index contributed by atoms with van der Waals surface area (Å²) in [6, 6.07) is 10.1. The van der Waals surface area contributed by atoms with Crippen LogP contribution < -0.4 is 15.8 Å². The van der Waals surface area contributed by atoms with Crippen molar-refractivity contribution in [1.29, 1.82) is 0 Å². The molecule has 0 unspecified atom stereocenters. The molecule has 0 bridgehead atoms. The number of furan rings is 1. The molecule has 0 fully saturated rings. The summed E-state index contributed by atoms with van der Waals surface area (Å²) in [6.07, 6.45) is 4.44. The lowest BCUT2D eigenvalue weighted by Crippen LogP contribution is -2.20. The van der Waals surface area contributed by atoms with Crippen LogP contribution in [0.4, 0.5) is 5.69 Å². The Hall–Kier alpha value is -3.02. The van der Waals surface area contributed by atoms with Gasteiger partial charge >= 0.3 is 0 Å². The number of nitrogens with one attached hydrogen (secondary N) is 1. The maximum absolute atomic E-state index is 11.7. The van der Waals surface area contributed by atoms with Gasteiger partial charge in [0.05, 0.1) is 6.26 Å². The van der Waals surface area contributed by atoms with Crippen molar-refractivity contribution in [2.24, 2.45) is 5.73 Å². The van der Waals surface area contributed by atoms with E-state index >= 15 is 0 Å². The number of carbonyl (C=O) groups is 2. The third kappa shape index (κ3) is 4.87. The summed E-state index contributed by atoms with van der Waals surface area (Å²) in [7, 11) is 0. The molecule has 6 nitrogen and oxygen atoms in total. The van der Waals surface area contributed by atoms with Gasteiger partial charge in [-0.2, -0.15) is 0 Å². The van der Waals surface area contributed by atoms with Crippen LogP contribution >= 0.6 is 0 Å². The molecule has 0 spiro atoms. The van der Waals surface area contributed by atoms with Crippen molar-refractivity contribution in [3.8, 4) is 5.75 Å². The average molecular weight is 286 g/mol. The maximum Gasteiger partial charge on any atom is 0.255 e. The first kappa shape index (κ1) is 14.4. The van der Waals surface area contributed by atoms with Gasteiger partial charge in [-0.1, -0.05) is 6.07 Å². The average Bonchev–Trinajstić information content (AvgIpc) is 2.97. The van der Waals surface area contributed by atoms with Gasteiger partial charge in [0.2, 0.25) is 5.91 Å². The van der Waals surface area contributed by atoms with E-state index in [-0.39, 0.29) is 12.5 Å². The highest BCUT2D eigenvalue weighted by molar-refractivity contribution is 6.01. The molecule has 2 amide bonds. The minimum Gasteiger partial charge on any atom is -0.484 e. The number of carbonyl (C=O) groups excluding carboxylic acids is 2. The smallest absolute Gasteiger partial charge is 0.255 e. The number of benzene rings is 1. The first-order chi connectivity index (χ1) is 10.1. The highest BCUT2D eigenvalue weighted by Gasteiger charge is 2.02. The molecule has 1 heterocycles. The third-order valence-electron chi connectivity index (χ3n) is 2.42. The summed E-state index contributed by atoms with van der Waals surface area (Å²) in [6.45, 7) is -0.213. The lowest BCUT2D eigenvalue weighted by Gasteiger charge is -2.06. The second-order valence-electron chi connectivity index (χ2n) is 4.12. The molecule has 21 heavy (non-hydrogen) atoms. The first-order valence-corrected chi connectivity index (χ1v) is 6.17. The van der Waals surface area contributed by atoms with E-state index in [1.165, 1.54) is 12.3 Å². The number of primary amides is 1. The van der Waals surface area contributed by atoms with Crippen LogP contribution in [0.25, 0.3) is 6.08 Å². The Bertz CT molecular complexity index is 647. The van der Waals surface area contributed by atoms with Gasteiger partial charge < -0.3 is 20.2 Å². The zero-order chi connectivity index (χ0) is 15.1. The zero-order valence-corrected chi connectivity index (χ0v) is 11.1. The Balaban J connectivity index is 1.94. The van der Waals surface area contributed by atoms with E-state index in [1.807, 2.05) is 0 Å². The van der Waals surface area contributed by atoms with Crippen LogP contribution in [-0.2, 0) is 9.59 Å². The molecule has 3 N–H and O–H groups in total. The molecule has 0 radical (unpaired) electrons. The highest BCUT2D eigenvalue weighted by atomic mass is 16.5. The molecular weight excluding hydrogens is 272 g/mol. The van der Waals surface area contributed by atoms with Crippen molar-refractivity contribution >= 4 is 23.6 Å². The van der Waals surface area contributed by atoms with Crippen LogP contribution in [0.1, 0.15) is 5.76 Å².